The van der Waals surface area contributed by atoms with Crippen LogP contribution in [-0.2, 0) is 6.54 Å². The summed E-state index contributed by atoms with van der Waals surface area (Å²) in [7, 11) is 0. The molecule has 0 aliphatic heterocycles. The van der Waals surface area contributed by atoms with Crippen molar-refractivity contribution in [3.05, 3.63) is 33.3 Å². The highest BCUT2D eigenvalue weighted by molar-refractivity contribution is 9.10. The third kappa shape index (κ3) is 2.99. The number of halogens is 2. The molecule has 2 unspecified atom stereocenters. The summed E-state index contributed by atoms with van der Waals surface area (Å²) < 4.78 is 1.10. The van der Waals surface area contributed by atoms with E-state index in [1.807, 2.05) is 12.1 Å². The molecule has 0 bridgehead atoms. The number of rotatable bonds is 3. The minimum Gasteiger partial charge on any atom is -0.310 e. The average Bonchev–Trinajstić information content (AvgIpc) is 2.63. The molecule has 1 saturated carbocycles. The van der Waals surface area contributed by atoms with E-state index in [2.05, 4.69) is 34.2 Å². The first-order valence-corrected chi connectivity index (χ1v) is 7.01. The second kappa shape index (κ2) is 5.52. The molecule has 0 heterocycles. The zero-order valence-electron chi connectivity index (χ0n) is 9.47. The molecule has 0 spiro atoms. The lowest BCUT2D eigenvalue weighted by atomic mass is 10.1. The molecule has 1 N–H and O–H groups in total. The summed E-state index contributed by atoms with van der Waals surface area (Å²) in [5.41, 5.74) is 1.28. The van der Waals surface area contributed by atoms with Crippen LogP contribution in [0.2, 0.25) is 5.02 Å². The van der Waals surface area contributed by atoms with Gasteiger partial charge in [0.25, 0.3) is 0 Å². The van der Waals surface area contributed by atoms with Crippen LogP contribution in [0.3, 0.4) is 0 Å². The van der Waals surface area contributed by atoms with Gasteiger partial charge in [0.15, 0.2) is 0 Å². The minimum atomic E-state index is 0.683. The molecule has 1 nitrogen and oxygen atoms in total. The van der Waals surface area contributed by atoms with E-state index in [1.165, 1.54) is 24.8 Å². The molecule has 0 saturated heterocycles. The van der Waals surface area contributed by atoms with E-state index in [9.17, 15) is 0 Å². The fraction of sp³-hybridized carbons (Fsp3) is 0.538. The highest BCUT2D eigenvalue weighted by Gasteiger charge is 2.22. The maximum absolute atomic E-state index is 5.92. The molecule has 1 aromatic rings. The first-order chi connectivity index (χ1) is 7.66. The van der Waals surface area contributed by atoms with Crippen molar-refractivity contribution >= 4 is 27.5 Å². The van der Waals surface area contributed by atoms with Crippen molar-refractivity contribution in [1.82, 2.24) is 5.32 Å². The molecule has 88 valence electrons. The minimum absolute atomic E-state index is 0.683. The van der Waals surface area contributed by atoms with E-state index < -0.39 is 0 Å². The molecule has 1 aliphatic rings. The van der Waals surface area contributed by atoms with Gasteiger partial charge < -0.3 is 5.32 Å². The average molecular weight is 303 g/mol. The van der Waals surface area contributed by atoms with Gasteiger partial charge in [-0.2, -0.15) is 0 Å². The van der Waals surface area contributed by atoms with Crippen LogP contribution in [-0.4, -0.2) is 6.04 Å². The predicted octanol–water partition coefficient (Wildman–Crippen LogP) is 4.38. The first-order valence-electron chi connectivity index (χ1n) is 5.84. The largest absolute Gasteiger partial charge is 0.310 e. The molecule has 0 radical (unpaired) electrons. The maximum Gasteiger partial charge on any atom is 0.0417 e. The second-order valence-corrected chi connectivity index (χ2v) is 5.92. The Bertz CT molecular complexity index is 367. The number of hydrogen-bond acceptors (Lipinski definition) is 1. The molecular formula is C13H17BrClN. The van der Waals surface area contributed by atoms with Crippen LogP contribution in [0, 0.1) is 5.92 Å². The molecular weight excluding hydrogens is 286 g/mol. The summed E-state index contributed by atoms with van der Waals surface area (Å²) in [5, 5.41) is 4.42. The fourth-order valence-corrected chi connectivity index (χ4v) is 3.18. The van der Waals surface area contributed by atoms with Gasteiger partial charge >= 0.3 is 0 Å². The molecule has 2 rings (SSSR count). The quantitative estimate of drug-likeness (QED) is 0.873. The van der Waals surface area contributed by atoms with Gasteiger partial charge in [-0.15, -0.1) is 0 Å². The van der Waals surface area contributed by atoms with Gasteiger partial charge in [0.1, 0.15) is 0 Å². The molecule has 3 heteroatoms. The lowest BCUT2D eigenvalue weighted by Crippen LogP contribution is -2.30. The topological polar surface area (TPSA) is 12.0 Å². The summed E-state index contributed by atoms with van der Waals surface area (Å²) in [6.07, 6.45) is 4.03. The first kappa shape index (κ1) is 12.4. The Morgan fingerprint density at radius 3 is 2.88 bits per heavy atom. The van der Waals surface area contributed by atoms with E-state index in [4.69, 9.17) is 11.6 Å². The molecule has 0 amide bonds. The standard InChI is InChI=1S/C13H17BrClN/c1-9-3-2-4-13(9)16-8-10-5-6-11(15)7-12(10)14/h5-7,9,13,16H,2-4,8H2,1H3. The summed E-state index contributed by atoms with van der Waals surface area (Å²) in [5.74, 6) is 0.811. The summed E-state index contributed by atoms with van der Waals surface area (Å²) in [6.45, 7) is 3.26. The molecule has 1 fully saturated rings. The monoisotopic (exact) mass is 301 g/mol. The summed E-state index contributed by atoms with van der Waals surface area (Å²) in [4.78, 5) is 0. The third-order valence-electron chi connectivity index (χ3n) is 3.43. The molecule has 16 heavy (non-hydrogen) atoms. The zero-order valence-corrected chi connectivity index (χ0v) is 11.8. The summed E-state index contributed by atoms with van der Waals surface area (Å²) >= 11 is 9.46. The number of benzene rings is 1. The van der Waals surface area contributed by atoms with Crippen molar-refractivity contribution in [3.63, 3.8) is 0 Å². The zero-order chi connectivity index (χ0) is 11.5. The second-order valence-electron chi connectivity index (χ2n) is 4.63. The Labute approximate surface area is 111 Å². The van der Waals surface area contributed by atoms with Gasteiger partial charge in [-0.1, -0.05) is 46.9 Å². The smallest absolute Gasteiger partial charge is 0.0417 e. The SMILES string of the molecule is CC1CCCC1NCc1ccc(Cl)cc1Br. The number of hydrogen-bond donors (Lipinski definition) is 1. The van der Waals surface area contributed by atoms with E-state index in [0.29, 0.717) is 6.04 Å². The van der Waals surface area contributed by atoms with Crippen molar-refractivity contribution in [3.8, 4) is 0 Å². The van der Waals surface area contributed by atoms with Gasteiger partial charge in [-0.3, -0.25) is 0 Å². The Morgan fingerprint density at radius 1 is 1.44 bits per heavy atom. The van der Waals surface area contributed by atoms with Crippen molar-refractivity contribution in [2.75, 3.05) is 0 Å². The highest BCUT2D eigenvalue weighted by atomic mass is 79.9. The van der Waals surface area contributed by atoms with E-state index >= 15 is 0 Å². The summed E-state index contributed by atoms with van der Waals surface area (Å²) in [6, 6.07) is 6.67. The molecule has 1 aliphatic carbocycles. The Balaban J connectivity index is 1.94. The van der Waals surface area contributed by atoms with Crippen molar-refractivity contribution in [2.45, 2.75) is 38.8 Å². The Kier molecular flexibility index (Phi) is 4.28. The third-order valence-corrected chi connectivity index (χ3v) is 4.40. The van der Waals surface area contributed by atoms with Crippen LogP contribution in [0.5, 0.6) is 0 Å². The predicted molar refractivity (Wildman–Crippen MR) is 72.8 cm³/mol. The van der Waals surface area contributed by atoms with Crippen LogP contribution in [0.4, 0.5) is 0 Å². The van der Waals surface area contributed by atoms with Crippen LogP contribution in [0.1, 0.15) is 31.7 Å². The van der Waals surface area contributed by atoms with Gasteiger partial charge in [-0.05, 0) is 36.5 Å². The van der Waals surface area contributed by atoms with Crippen LogP contribution in [0.15, 0.2) is 22.7 Å². The molecule has 2 atom stereocenters. The van der Waals surface area contributed by atoms with Crippen LogP contribution >= 0.6 is 27.5 Å². The van der Waals surface area contributed by atoms with Gasteiger partial charge in [0.2, 0.25) is 0 Å². The lowest BCUT2D eigenvalue weighted by Gasteiger charge is -2.17. The Morgan fingerprint density at radius 2 is 2.25 bits per heavy atom. The van der Waals surface area contributed by atoms with Crippen molar-refractivity contribution < 1.29 is 0 Å². The van der Waals surface area contributed by atoms with E-state index in [0.717, 1.165) is 22.0 Å². The van der Waals surface area contributed by atoms with Crippen molar-refractivity contribution in [2.24, 2.45) is 5.92 Å². The van der Waals surface area contributed by atoms with Gasteiger partial charge in [0, 0.05) is 22.1 Å². The van der Waals surface area contributed by atoms with Crippen molar-refractivity contribution in [1.29, 1.82) is 0 Å². The van der Waals surface area contributed by atoms with Crippen LogP contribution < -0.4 is 5.32 Å². The lowest BCUT2D eigenvalue weighted by molar-refractivity contribution is 0.426. The Hall–Kier alpha value is -0.0500. The van der Waals surface area contributed by atoms with Gasteiger partial charge in [0.05, 0.1) is 0 Å². The van der Waals surface area contributed by atoms with Gasteiger partial charge in [-0.25, -0.2) is 0 Å². The maximum atomic E-state index is 5.92. The normalized spacial score (nSPS) is 24.9. The molecule has 0 aromatic heterocycles. The van der Waals surface area contributed by atoms with E-state index in [1.54, 1.807) is 0 Å². The molecule has 1 aromatic carbocycles. The van der Waals surface area contributed by atoms with E-state index in [-0.39, 0.29) is 0 Å². The van der Waals surface area contributed by atoms with Crippen LogP contribution in [0.25, 0.3) is 0 Å². The number of nitrogens with one attached hydrogen (secondary N) is 1. The fourth-order valence-electron chi connectivity index (χ4n) is 2.35. The highest BCUT2D eigenvalue weighted by Crippen LogP contribution is 2.26.